The standard InChI is InChI=1S/C28H30ClNO4/c1-16(2)15-34-28(32)25-17(3)30-23-13-20(18-7-11-22(33-4)12-8-18)14-24(31)27(23)26(25)19-5-9-21(29)10-6-19/h5-12,16,20,26,30H,13-15H2,1-4H3/t20-,26+/m0/s1. The molecule has 0 aromatic heterocycles. The number of rotatable bonds is 6. The number of carbonyl (C=O) groups is 2. The molecule has 0 spiro atoms. The van der Waals surface area contributed by atoms with Crippen LogP contribution in [-0.2, 0) is 14.3 Å². The van der Waals surface area contributed by atoms with Crippen LogP contribution in [0.1, 0.15) is 56.6 Å². The smallest absolute Gasteiger partial charge is 0.336 e. The van der Waals surface area contributed by atoms with Crippen LogP contribution in [0.3, 0.4) is 0 Å². The van der Waals surface area contributed by atoms with Gasteiger partial charge in [0.2, 0.25) is 0 Å². The van der Waals surface area contributed by atoms with Crippen molar-refractivity contribution in [1.82, 2.24) is 5.32 Å². The maximum Gasteiger partial charge on any atom is 0.336 e. The van der Waals surface area contributed by atoms with Gasteiger partial charge < -0.3 is 14.8 Å². The molecule has 1 aliphatic heterocycles. The summed E-state index contributed by atoms with van der Waals surface area (Å²) in [6, 6.07) is 15.2. The molecule has 2 atom stereocenters. The van der Waals surface area contributed by atoms with Crippen LogP contribution in [0.25, 0.3) is 0 Å². The number of allylic oxidation sites excluding steroid dienone is 3. The van der Waals surface area contributed by atoms with E-state index in [0.29, 0.717) is 35.6 Å². The number of carbonyl (C=O) groups excluding carboxylic acids is 2. The molecule has 2 aromatic rings. The van der Waals surface area contributed by atoms with Gasteiger partial charge in [0.15, 0.2) is 5.78 Å². The first-order valence-electron chi connectivity index (χ1n) is 11.6. The SMILES string of the molecule is COc1ccc([C@@H]2CC(=O)C3=C(C2)NC(C)=C(C(=O)OCC(C)C)[C@H]3c2ccc(Cl)cc2)cc1. The fourth-order valence-electron chi connectivity index (χ4n) is 4.73. The van der Waals surface area contributed by atoms with E-state index in [1.165, 1.54) is 0 Å². The molecule has 0 saturated heterocycles. The van der Waals surface area contributed by atoms with Crippen LogP contribution >= 0.6 is 11.6 Å². The van der Waals surface area contributed by atoms with E-state index in [0.717, 1.165) is 28.3 Å². The molecule has 34 heavy (non-hydrogen) atoms. The quantitative estimate of drug-likeness (QED) is 0.522. The van der Waals surface area contributed by atoms with Crippen LogP contribution in [0.2, 0.25) is 5.02 Å². The highest BCUT2D eigenvalue weighted by Gasteiger charge is 2.41. The van der Waals surface area contributed by atoms with E-state index in [1.807, 2.05) is 57.2 Å². The van der Waals surface area contributed by atoms with Crippen LogP contribution in [0.4, 0.5) is 0 Å². The third-order valence-electron chi connectivity index (χ3n) is 6.39. The monoisotopic (exact) mass is 479 g/mol. The number of Topliss-reactive ketones (excluding diaryl/α,β-unsaturated/α-hetero) is 1. The van der Waals surface area contributed by atoms with Gasteiger partial charge in [0.05, 0.1) is 19.3 Å². The molecule has 0 saturated carbocycles. The highest BCUT2D eigenvalue weighted by molar-refractivity contribution is 6.30. The molecule has 0 bridgehead atoms. The van der Waals surface area contributed by atoms with Crippen LogP contribution in [0.15, 0.2) is 71.1 Å². The Labute approximate surface area is 205 Å². The van der Waals surface area contributed by atoms with E-state index in [4.69, 9.17) is 21.1 Å². The van der Waals surface area contributed by atoms with Gasteiger partial charge in [-0.15, -0.1) is 0 Å². The Morgan fingerprint density at radius 2 is 1.71 bits per heavy atom. The van der Waals surface area contributed by atoms with Gasteiger partial charge in [0, 0.05) is 34.3 Å². The second-order valence-corrected chi connectivity index (χ2v) is 9.77. The van der Waals surface area contributed by atoms with Crippen LogP contribution in [0.5, 0.6) is 5.75 Å². The first-order valence-corrected chi connectivity index (χ1v) is 12.0. The summed E-state index contributed by atoms with van der Waals surface area (Å²) in [5.41, 5.74) is 4.66. The Morgan fingerprint density at radius 3 is 2.32 bits per heavy atom. The summed E-state index contributed by atoms with van der Waals surface area (Å²) in [5.74, 6) is 0.209. The summed E-state index contributed by atoms with van der Waals surface area (Å²) in [4.78, 5) is 26.8. The Kier molecular flexibility index (Phi) is 7.13. The lowest BCUT2D eigenvalue weighted by Crippen LogP contribution is -2.36. The molecule has 1 heterocycles. The molecule has 0 unspecified atom stereocenters. The molecular weight excluding hydrogens is 450 g/mol. The molecule has 4 rings (SSSR count). The molecule has 0 radical (unpaired) electrons. The van der Waals surface area contributed by atoms with Crippen molar-refractivity contribution in [3.8, 4) is 5.75 Å². The average Bonchev–Trinajstić information content (AvgIpc) is 2.82. The third-order valence-corrected chi connectivity index (χ3v) is 6.64. The fraction of sp³-hybridized carbons (Fsp3) is 0.357. The number of ketones is 1. The van der Waals surface area contributed by atoms with E-state index in [-0.39, 0.29) is 17.6 Å². The molecule has 6 heteroatoms. The van der Waals surface area contributed by atoms with Crippen LogP contribution in [-0.4, -0.2) is 25.5 Å². The predicted octanol–water partition coefficient (Wildman–Crippen LogP) is 5.91. The number of nitrogens with one attached hydrogen (secondary N) is 1. The summed E-state index contributed by atoms with van der Waals surface area (Å²) in [5, 5.41) is 3.99. The number of dihydropyridines is 1. The van der Waals surface area contributed by atoms with Crippen molar-refractivity contribution >= 4 is 23.4 Å². The lowest BCUT2D eigenvalue weighted by Gasteiger charge is -2.36. The summed E-state index contributed by atoms with van der Waals surface area (Å²) in [7, 11) is 1.64. The van der Waals surface area contributed by atoms with Crippen LogP contribution < -0.4 is 10.1 Å². The largest absolute Gasteiger partial charge is 0.497 e. The minimum atomic E-state index is -0.488. The van der Waals surface area contributed by atoms with Gasteiger partial charge in [-0.05, 0) is 60.6 Å². The molecular formula is C28H30ClNO4. The van der Waals surface area contributed by atoms with Gasteiger partial charge in [-0.1, -0.05) is 49.7 Å². The summed E-state index contributed by atoms with van der Waals surface area (Å²) >= 11 is 6.13. The van der Waals surface area contributed by atoms with E-state index in [1.54, 1.807) is 19.2 Å². The van der Waals surface area contributed by atoms with Crippen molar-refractivity contribution in [2.24, 2.45) is 5.92 Å². The van der Waals surface area contributed by atoms with Crippen molar-refractivity contribution in [1.29, 1.82) is 0 Å². The highest BCUT2D eigenvalue weighted by Crippen LogP contribution is 2.46. The van der Waals surface area contributed by atoms with Crippen molar-refractivity contribution in [3.63, 3.8) is 0 Å². The summed E-state index contributed by atoms with van der Waals surface area (Å²) < 4.78 is 10.9. The normalized spacial score (nSPS) is 20.2. The summed E-state index contributed by atoms with van der Waals surface area (Å²) in [6.45, 7) is 6.19. The van der Waals surface area contributed by atoms with Crippen LogP contribution in [0, 0.1) is 5.92 Å². The van der Waals surface area contributed by atoms with Crippen molar-refractivity contribution in [2.45, 2.75) is 45.4 Å². The number of hydrogen-bond acceptors (Lipinski definition) is 5. The number of halogens is 1. The number of hydrogen-bond donors (Lipinski definition) is 1. The van der Waals surface area contributed by atoms with E-state index >= 15 is 0 Å². The van der Waals surface area contributed by atoms with Gasteiger partial charge >= 0.3 is 5.97 Å². The molecule has 0 amide bonds. The van der Waals surface area contributed by atoms with Gasteiger partial charge in [0.25, 0.3) is 0 Å². The first-order chi connectivity index (χ1) is 16.3. The number of ether oxygens (including phenoxy) is 2. The third kappa shape index (κ3) is 4.90. The molecule has 2 aliphatic rings. The van der Waals surface area contributed by atoms with E-state index < -0.39 is 11.9 Å². The van der Waals surface area contributed by atoms with Crippen molar-refractivity contribution < 1.29 is 19.1 Å². The fourth-order valence-corrected chi connectivity index (χ4v) is 4.86. The average molecular weight is 480 g/mol. The topological polar surface area (TPSA) is 64.6 Å². The zero-order valence-corrected chi connectivity index (χ0v) is 20.7. The van der Waals surface area contributed by atoms with Gasteiger partial charge in [-0.2, -0.15) is 0 Å². The zero-order valence-electron chi connectivity index (χ0n) is 20.0. The van der Waals surface area contributed by atoms with Crippen molar-refractivity contribution in [2.75, 3.05) is 13.7 Å². The van der Waals surface area contributed by atoms with Gasteiger partial charge in [0.1, 0.15) is 5.75 Å². The number of methoxy groups -OCH3 is 1. The zero-order chi connectivity index (χ0) is 24.4. The molecule has 1 aliphatic carbocycles. The summed E-state index contributed by atoms with van der Waals surface area (Å²) in [6.07, 6.45) is 1.06. The molecule has 5 nitrogen and oxygen atoms in total. The number of esters is 1. The maximum absolute atomic E-state index is 13.6. The Hall–Kier alpha value is -3.05. The Morgan fingerprint density at radius 1 is 1.06 bits per heavy atom. The molecule has 178 valence electrons. The predicted molar refractivity (Wildman–Crippen MR) is 133 cm³/mol. The second-order valence-electron chi connectivity index (χ2n) is 9.33. The Balaban J connectivity index is 1.73. The lowest BCUT2D eigenvalue weighted by molar-refractivity contribution is -0.140. The molecule has 1 N–H and O–H groups in total. The van der Waals surface area contributed by atoms with E-state index in [9.17, 15) is 9.59 Å². The molecule has 0 fully saturated rings. The minimum Gasteiger partial charge on any atom is -0.497 e. The van der Waals surface area contributed by atoms with Gasteiger partial charge in [-0.25, -0.2) is 4.79 Å². The Bertz CT molecular complexity index is 1150. The van der Waals surface area contributed by atoms with E-state index in [2.05, 4.69) is 5.32 Å². The first kappa shape index (κ1) is 24.1. The lowest BCUT2D eigenvalue weighted by atomic mass is 9.72. The minimum absolute atomic E-state index is 0.0381. The van der Waals surface area contributed by atoms with Gasteiger partial charge in [-0.3, -0.25) is 4.79 Å². The highest BCUT2D eigenvalue weighted by atomic mass is 35.5. The maximum atomic E-state index is 13.6. The molecule has 2 aromatic carbocycles. The second kappa shape index (κ2) is 10.1. The number of benzene rings is 2. The van der Waals surface area contributed by atoms with Crippen molar-refractivity contribution in [3.05, 3.63) is 87.2 Å².